The van der Waals surface area contributed by atoms with Gasteiger partial charge in [-0.3, -0.25) is 19.3 Å². The quantitative estimate of drug-likeness (QED) is 0.362. The minimum Gasteiger partial charge on any atom is -0.341 e. The number of fused-ring (bicyclic) bond motifs is 1. The molecule has 0 saturated carbocycles. The third-order valence-electron chi connectivity index (χ3n) is 6.48. The fourth-order valence-corrected chi connectivity index (χ4v) is 5.84. The normalized spacial score (nSPS) is 18.0. The van der Waals surface area contributed by atoms with Crippen molar-refractivity contribution in [3.63, 3.8) is 0 Å². The third kappa shape index (κ3) is 5.23. The van der Waals surface area contributed by atoms with Crippen LogP contribution < -0.4 is 0 Å². The highest BCUT2D eigenvalue weighted by atomic mass is 79.9. The van der Waals surface area contributed by atoms with Crippen LogP contribution in [0.15, 0.2) is 64.1 Å². The molecule has 35 heavy (non-hydrogen) atoms. The summed E-state index contributed by atoms with van der Waals surface area (Å²) in [6.45, 7) is 2.12. The van der Waals surface area contributed by atoms with E-state index in [1.165, 1.54) is 17.7 Å². The van der Waals surface area contributed by atoms with E-state index >= 15 is 0 Å². The highest BCUT2D eigenvalue weighted by molar-refractivity contribution is 9.10. The zero-order valence-electron chi connectivity index (χ0n) is 19.3. The van der Waals surface area contributed by atoms with Gasteiger partial charge >= 0.3 is 0 Å². The average molecular weight is 552 g/mol. The highest BCUT2D eigenvalue weighted by Crippen LogP contribution is 2.35. The lowest BCUT2D eigenvalue weighted by atomic mass is 10.1. The first-order valence-corrected chi connectivity index (χ1v) is 13.5. The Labute approximate surface area is 217 Å². The van der Waals surface area contributed by atoms with Crippen LogP contribution in [0.4, 0.5) is 4.79 Å². The van der Waals surface area contributed by atoms with E-state index in [0.717, 1.165) is 64.2 Å². The predicted octanol–water partition coefficient (Wildman–Crippen LogP) is 6.04. The second-order valence-electron chi connectivity index (χ2n) is 8.92. The van der Waals surface area contributed by atoms with Gasteiger partial charge in [-0.05, 0) is 54.4 Å². The van der Waals surface area contributed by atoms with Crippen molar-refractivity contribution in [2.45, 2.75) is 38.8 Å². The van der Waals surface area contributed by atoms with Gasteiger partial charge in [-0.2, -0.15) is 0 Å². The molecule has 3 amide bonds. The summed E-state index contributed by atoms with van der Waals surface area (Å²) in [6, 6.07) is 15.4. The zero-order chi connectivity index (χ0) is 24.4. The number of benzene rings is 2. The molecule has 3 heterocycles. The lowest BCUT2D eigenvalue weighted by Gasteiger charge is -2.20. The van der Waals surface area contributed by atoms with Crippen molar-refractivity contribution in [2.75, 3.05) is 13.1 Å². The van der Waals surface area contributed by atoms with Crippen LogP contribution in [0.3, 0.4) is 0 Å². The number of amides is 3. The Kier molecular flexibility index (Phi) is 7.11. The average Bonchev–Trinajstić information content (AvgIpc) is 3.15. The van der Waals surface area contributed by atoms with E-state index in [4.69, 9.17) is 0 Å². The van der Waals surface area contributed by atoms with E-state index in [9.17, 15) is 14.4 Å². The van der Waals surface area contributed by atoms with Gasteiger partial charge in [0.05, 0.1) is 11.4 Å². The van der Waals surface area contributed by atoms with Crippen LogP contribution in [-0.4, -0.2) is 44.5 Å². The Morgan fingerprint density at radius 3 is 2.49 bits per heavy atom. The largest absolute Gasteiger partial charge is 0.341 e. The predicted molar refractivity (Wildman–Crippen MR) is 143 cm³/mol. The highest BCUT2D eigenvalue weighted by Gasteiger charge is 2.35. The van der Waals surface area contributed by atoms with Crippen LogP contribution in [0.2, 0.25) is 0 Å². The number of hydrogen-bond donors (Lipinski definition) is 0. The standard InChI is InChI=1S/C27H26BrN3O3S/c28-21-10-11-23-22(15-21)20(17-30(23)18-25(32)29-12-6-1-2-7-13-29)14-24-26(33)31(27(34)35-24)16-19-8-4-3-5-9-19/h3-5,8-11,14-15,17H,1-2,6-7,12-13,16,18H2/b24-14-. The van der Waals surface area contributed by atoms with E-state index in [2.05, 4.69) is 15.9 Å². The van der Waals surface area contributed by atoms with E-state index in [0.29, 0.717) is 4.91 Å². The SMILES string of the molecule is O=C(Cn1cc(/C=C2\SC(=O)N(Cc3ccccc3)C2=O)c2cc(Br)ccc21)N1CCCCCC1. The molecule has 1 aromatic heterocycles. The van der Waals surface area contributed by atoms with Gasteiger partial charge in [-0.25, -0.2) is 0 Å². The number of carbonyl (C=O) groups is 3. The summed E-state index contributed by atoms with van der Waals surface area (Å²) < 4.78 is 2.86. The molecule has 0 aliphatic carbocycles. The first kappa shape index (κ1) is 23.9. The summed E-state index contributed by atoms with van der Waals surface area (Å²) in [5.74, 6) is -0.179. The fraction of sp³-hybridized carbons (Fsp3) is 0.296. The Balaban J connectivity index is 1.43. The molecule has 2 saturated heterocycles. The molecule has 2 aliphatic heterocycles. The minimum atomic E-state index is -0.291. The second-order valence-corrected chi connectivity index (χ2v) is 10.8. The number of nitrogens with zero attached hydrogens (tertiary/aromatic N) is 3. The Hall–Kier alpha value is -2.84. The third-order valence-corrected chi connectivity index (χ3v) is 7.88. The number of likely N-dealkylation sites (tertiary alicyclic amines) is 1. The maximum atomic E-state index is 13.1. The van der Waals surface area contributed by atoms with Gasteiger partial charge in [0.2, 0.25) is 5.91 Å². The summed E-state index contributed by atoms with van der Waals surface area (Å²) in [5.41, 5.74) is 2.64. The molecule has 2 aliphatic rings. The van der Waals surface area contributed by atoms with Crippen LogP contribution in [0.5, 0.6) is 0 Å². The Morgan fingerprint density at radius 1 is 1.00 bits per heavy atom. The van der Waals surface area contributed by atoms with Crippen LogP contribution >= 0.6 is 27.7 Å². The smallest absolute Gasteiger partial charge is 0.293 e. The first-order chi connectivity index (χ1) is 17.0. The van der Waals surface area contributed by atoms with Crippen LogP contribution in [0.1, 0.15) is 36.8 Å². The Bertz CT molecular complexity index is 1310. The van der Waals surface area contributed by atoms with Crippen molar-refractivity contribution in [2.24, 2.45) is 0 Å². The zero-order valence-corrected chi connectivity index (χ0v) is 21.7. The van der Waals surface area contributed by atoms with Crippen LogP contribution in [-0.2, 0) is 22.7 Å². The fourth-order valence-electron chi connectivity index (χ4n) is 4.65. The molecular weight excluding hydrogens is 526 g/mol. The van der Waals surface area contributed by atoms with Crippen molar-refractivity contribution in [1.82, 2.24) is 14.4 Å². The number of imide groups is 1. The summed E-state index contributed by atoms with van der Waals surface area (Å²) >= 11 is 4.50. The van der Waals surface area contributed by atoms with Crippen molar-refractivity contribution in [3.8, 4) is 0 Å². The monoisotopic (exact) mass is 551 g/mol. The number of hydrogen-bond acceptors (Lipinski definition) is 4. The van der Waals surface area contributed by atoms with Gasteiger partial charge in [0.25, 0.3) is 11.1 Å². The maximum Gasteiger partial charge on any atom is 0.293 e. The molecule has 3 aromatic rings. The van der Waals surface area contributed by atoms with E-state index in [-0.39, 0.29) is 30.1 Å². The van der Waals surface area contributed by atoms with Gasteiger partial charge in [0.15, 0.2) is 0 Å². The summed E-state index contributed by atoms with van der Waals surface area (Å²) in [5, 5.41) is 0.657. The van der Waals surface area contributed by atoms with Crippen LogP contribution in [0, 0.1) is 0 Å². The number of halogens is 1. The lowest BCUT2D eigenvalue weighted by molar-refractivity contribution is -0.131. The van der Waals surface area contributed by atoms with Crippen molar-refractivity contribution >= 4 is 61.7 Å². The van der Waals surface area contributed by atoms with Crippen LogP contribution in [0.25, 0.3) is 17.0 Å². The van der Waals surface area contributed by atoms with Crippen molar-refractivity contribution in [3.05, 3.63) is 75.2 Å². The van der Waals surface area contributed by atoms with E-state index < -0.39 is 0 Å². The molecule has 0 N–H and O–H groups in total. The maximum absolute atomic E-state index is 13.1. The summed E-state index contributed by atoms with van der Waals surface area (Å²) in [7, 11) is 0. The molecule has 180 valence electrons. The van der Waals surface area contributed by atoms with Gasteiger partial charge < -0.3 is 9.47 Å². The minimum absolute atomic E-state index is 0.112. The van der Waals surface area contributed by atoms with E-state index in [1.54, 1.807) is 6.08 Å². The molecule has 2 aromatic carbocycles. The van der Waals surface area contributed by atoms with Crippen molar-refractivity contribution in [1.29, 1.82) is 0 Å². The molecule has 8 heteroatoms. The lowest BCUT2D eigenvalue weighted by Crippen LogP contribution is -2.34. The second kappa shape index (κ2) is 10.4. The molecule has 0 spiro atoms. The topological polar surface area (TPSA) is 62.6 Å². The molecule has 6 nitrogen and oxygen atoms in total. The van der Waals surface area contributed by atoms with Gasteiger partial charge in [0, 0.05) is 40.2 Å². The van der Waals surface area contributed by atoms with Gasteiger partial charge in [-0.1, -0.05) is 59.1 Å². The molecule has 0 unspecified atom stereocenters. The molecular formula is C27H26BrN3O3S. The Morgan fingerprint density at radius 2 is 1.74 bits per heavy atom. The molecule has 0 bridgehead atoms. The summed E-state index contributed by atoms with van der Waals surface area (Å²) in [6.07, 6.45) is 8.14. The van der Waals surface area contributed by atoms with Gasteiger partial charge in [0.1, 0.15) is 6.54 Å². The number of carbonyl (C=O) groups excluding carboxylic acids is 3. The molecule has 2 fully saturated rings. The number of aromatic nitrogens is 1. The molecule has 5 rings (SSSR count). The van der Waals surface area contributed by atoms with Gasteiger partial charge in [-0.15, -0.1) is 0 Å². The number of rotatable bonds is 5. The first-order valence-electron chi connectivity index (χ1n) is 11.8. The molecule has 0 atom stereocenters. The van der Waals surface area contributed by atoms with E-state index in [1.807, 2.05) is 64.2 Å². The summed E-state index contributed by atoms with van der Waals surface area (Å²) in [4.78, 5) is 42.4. The molecule has 0 radical (unpaired) electrons. The number of thioether (sulfide) groups is 1. The van der Waals surface area contributed by atoms with Crippen molar-refractivity contribution < 1.29 is 14.4 Å².